The Kier molecular flexibility index (Phi) is 6.39. The molecule has 0 bridgehead atoms. The molecule has 0 aromatic carbocycles. The molecule has 0 saturated carbocycles. The van der Waals surface area contributed by atoms with Crippen LogP contribution in [0.4, 0.5) is 0 Å². The molecular formula is C14H18. The normalized spacial score (nSPS) is 18.3. The summed E-state index contributed by atoms with van der Waals surface area (Å²) in [7, 11) is 0. The third-order valence-electron chi connectivity index (χ3n) is 1.98. The van der Waals surface area contributed by atoms with Gasteiger partial charge in [0.25, 0.3) is 0 Å². The number of hydrogen-bond donors (Lipinski definition) is 0. The number of allylic oxidation sites excluding steroid dienone is 10. The minimum absolute atomic E-state index is 1.14. The van der Waals surface area contributed by atoms with Crippen LogP contribution in [0.3, 0.4) is 0 Å². The lowest BCUT2D eigenvalue weighted by molar-refractivity contribution is 0.962. The number of rotatable bonds is 0. The van der Waals surface area contributed by atoms with Crippen LogP contribution in [-0.2, 0) is 0 Å². The van der Waals surface area contributed by atoms with Crippen molar-refractivity contribution in [2.24, 2.45) is 0 Å². The summed E-state index contributed by atoms with van der Waals surface area (Å²) in [6.45, 7) is 0. The summed E-state index contributed by atoms with van der Waals surface area (Å²) in [5.74, 6) is 0. The Balaban J connectivity index is 0.000000106. The van der Waals surface area contributed by atoms with Crippen LogP contribution in [0.5, 0.6) is 0 Å². The van der Waals surface area contributed by atoms with E-state index in [0.717, 1.165) is 12.8 Å². The minimum atomic E-state index is 1.14. The average molecular weight is 186 g/mol. The van der Waals surface area contributed by atoms with Gasteiger partial charge in [-0.1, -0.05) is 60.8 Å². The topological polar surface area (TPSA) is 0 Å². The van der Waals surface area contributed by atoms with Crippen molar-refractivity contribution in [1.29, 1.82) is 0 Å². The first-order valence-corrected chi connectivity index (χ1v) is 5.28. The molecule has 0 spiro atoms. The van der Waals surface area contributed by atoms with Gasteiger partial charge in [-0.05, 0) is 25.7 Å². The Hall–Kier alpha value is -1.30. The van der Waals surface area contributed by atoms with Crippen LogP contribution < -0.4 is 0 Å². The van der Waals surface area contributed by atoms with Gasteiger partial charge < -0.3 is 0 Å². The van der Waals surface area contributed by atoms with Crippen molar-refractivity contribution in [3.05, 3.63) is 60.8 Å². The third kappa shape index (κ3) is 6.24. The van der Waals surface area contributed by atoms with Gasteiger partial charge in [0.15, 0.2) is 0 Å². The molecule has 0 radical (unpaired) electrons. The maximum atomic E-state index is 2.18. The molecule has 74 valence electrons. The highest BCUT2D eigenvalue weighted by molar-refractivity contribution is 5.12. The fourth-order valence-electron chi connectivity index (χ4n) is 0.952. The molecule has 0 unspecified atom stereocenters. The lowest BCUT2D eigenvalue weighted by Gasteiger charge is -1.92. The Morgan fingerprint density at radius 2 is 0.714 bits per heavy atom. The van der Waals surface area contributed by atoms with Gasteiger partial charge in [-0.2, -0.15) is 0 Å². The molecule has 14 heavy (non-hydrogen) atoms. The van der Waals surface area contributed by atoms with E-state index in [1.54, 1.807) is 0 Å². The van der Waals surface area contributed by atoms with E-state index in [4.69, 9.17) is 0 Å². The molecule has 0 aliphatic heterocycles. The van der Waals surface area contributed by atoms with Gasteiger partial charge in [-0.25, -0.2) is 0 Å². The van der Waals surface area contributed by atoms with E-state index in [0.29, 0.717) is 0 Å². The Morgan fingerprint density at radius 3 is 0.786 bits per heavy atom. The fourth-order valence-corrected chi connectivity index (χ4v) is 0.952. The molecule has 0 aromatic heterocycles. The van der Waals surface area contributed by atoms with Gasteiger partial charge in [-0.3, -0.25) is 0 Å². The fraction of sp³-hybridized carbons (Fsp3) is 0.286. The lowest BCUT2D eigenvalue weighted by Crippen LogP contribution is -1.71. The van der Waals surface area contributed by atoms with Gasteiger partial charge >= 0.3 is 0 Å². The summed E-state index contributed by atoms with van der Waals surface area (Å²) in [6.07, 6.45) is 26.0. The van der Waals surface area contributed by atoms with Gasteiger partial charge in [0.2, 0.25) is 0 Å². The van der Waals surface area contributed by atoms with Gasteiger partial charge in [0.1, 0.15) is 0 Å². The van der Waals surface area contributed by atoms with E-state index in [9.17, 15) is 0 Å². The number of hydrogen-bond acceptors (Lipinski definition) is 0. The molecule has 3 aliphatic carbocycles. The SMILES string of the molecule is C1=CCC1.C1=CCC=C1.C1=CCC=C1. The first kappa shape index (κ1) is 10.8. The summed E-state index contributed by atoms with van der Waals surface area (Å²) in [5.41, 5.74) is 0. The second-order valence-electron chi connectivity index (χ2n) is 3.23. The lowest BCUT2D eigenvalue weighted by atomic mass is 10.1. The Bertz CT molecular complexity index is 214. The van der Waals surface area contributed by atoms with Crippen molar-refractivity contribution < 1.29 is 0 Å². The minimum Gasteiger partial charge on any atom is -0.0882 e. The van der Waals surface area contributed by atoms with E-state index in [1.807, 2.05) is 0 Å². The molecule has 0 saturated heterocycles. The van der Waals surface area contributed by atoms with Crippen molar-refractivity contribution in [2.45, 2.75) is 25.7 Å². The van der Waals surface area contributed by atoms with Gasteiger partial charge in [0, 0.05) is 0 Å². The van der Waals surface area contributed by atoms with E-state index < -0.39 is 0 Å². The molecule has 0 N–H and O–H groups in total. The van der Waals surface area contributed by atoms with Crippen LogP contribution in [0.2, 0.25) is 0 Å². The van der Waals surface area contributed by atoms with Crippen LogP contribution in [0.15, 0.2) is 60.8 Å². The molecule has 0 nitrogen and oxygen atoms in total. The third-order valence-corrected chi connectivity index (χ3v) is 1.98. The van der Waals surface area contributed by atoms with Crippen molar-refractivity contribution in [3.8, 4) is 0 Å². The van der Waals surface area contributed by atoms with E-state index >= 15 is 0 Å². The van der Waals surface area contributed by atoms with Crippen LogP contribution in [0.25, 0.3) is 0 Å². The molecule has 3 rings (SSSR count). The van der Waals surface area contributed by atoms with E-state index in [2.05, 4.69) is 60.8 Å². The monoisotopic (exact) mass is 186 g/mol. The van der Waals surface area contributed by atoms with Crippen molar-refractivity contribution >= 4 is 0 Å². The standard InChI is InChI=1S/2C5H6.C4H6/c2*1-2-4-5-3-1;1-2-4-3-1/h2*1-4H,5H2;1-2H,3-4H2. The molecule has 0 amide bonds. The van der Waals surface area contributed by atoms with Crippen LogP contribution in [0, 0.1) is 0 Å². The predicted molar refractivity (Wildman–Crippen MR) is 64.2 cm³/mol. The van der Waals surface area contributed by atoms with Crippen LogP contribution in [0.1, 0.15) is 25.7 Å². The van der Waals surface area contributed by atoms with Gasteiger partial charge in [-0.15, -0.1) is 0 Å². The van der Waals surface area contributed by atoms with Crippen LogP contribution in [-0.4, -0.2) is 0 Å². The summed E-state index contributed by atoms with van der Waals surface area (Å²) >= 11 is 0. The second kappa shape index (κ2) is 8.31. The quantitative estimate of drug-likeness (QED) is 0.494. The molecule has 0 heterocycles. The smallest absolute Gasteiger partial charge is 0.0163 e. The molecule has 0 fully saturated rings. The highest BCUT2D eigenvalue weighted by Crippen LogP contribution is 2.01. The summed E-state index contributed by atoms with van der Waals surface area (Å²) in [6, 6.07) is 0. The highest BCUT2D eigenvalue weighted by atomic mass is 13.9. The summed E-state index contributed by atoms with van der Waals surface area (Å²) < 4.78 is 0. The van der Waals surface area contributed by atoms with E-state index in [-0.39, 0.29) is 0 Å². The first-order valence-electron chi connectivity index (χ1n) is 5.28. The van der Waals surface area contributed by atoms with Crippen LogP contribution >= 0.6 is 0 Å². The van der Waals surface area contributed by atoms with Crippen molar-refractivity contribution in [3.63, 3.8) is 0 Å². The zero-order valence-electron chi connectivity index (χ0n) is 8.60. The average Bonchev–Trinajstić information content (AvgIpc) is 2.81. The predicted octanol–water partition coefficient (Wildman–Crippen LogP) is 4.34. The zero-order chi connectivity index (χ0) is 9.90. The largest absolute Gasteiger partial charge is 0.0882 e. The maximum absolute atomic E-state index is 2.18. The molecule has 0 aromatic rings. The summed E-state index contributed by atoms with van der Waals surface area (Å²) in [5, 5.41) is 0. The second-order valence-corrected chi connectivity index (χ2v) is 3.23. The van der Waals surface area contributed by atoms with Gasteiger partial charge in [0.05, 0.1) is 0 Å². The van der Waals surface area contributed by atoms with E-state index in [1.165, 1.54) is 12.8 Å². The summed E-state index contributed by atoms with van der Waals surface area (Å²) in [4.78, 5) is 0. The zero-order valence-corrected chi connectivity index (χ0v) is 8.60. The first-order chi connectivity index (χ1) is 7.00. The maximum Gasteiger partial charge on any atom is -0.0163 e. The van der Waals surface area contributed by atoms with Crippen molar-refractivity contribution in [2.75, 3.05) is 0 Å². The Morgan fingerprint density at radius 1 is 0.429 bits per heavy atom. The highest BCUT2D eigenvalue weighted by Gasteiger charge is 1.81. The van der Waals surface area contributed by atoms with Crippen molar-refractivity contribution in [1.82, 2.24) is 0 Å². The Labute approximate surface area is 87.0 Å². The molecule has 0 heteroatoms. The molecule has 3 aliphatic rings. The molecule has 0 atom stereocenters. The molecular weight excluding hydrogens is 168 g/mol.